The molecule has 2 N–H and O–H groups in total. The minimum absolute atomic E-state index is 0.217. The zero-order chi connectivity index (χ0) is 15.2. The molecule has 1 amide bonds. The van der Waals surface area contributed by atoms with Crippen molar-refractivity contribution < 1.29 is 14.7 Å². The van der Waals surface area contributed by atoms with Gasteiger partial charge in [0.1, 0.15) is 6.04 Å². The van der Waals surface area contributed by atoms with Crippen molar-refractivity contribution in [2.75, 3.05) is 0 Å². The number of amides is 1. The van der Waals surface area contributed by atoms with Crippen LogP contribution in [0.3, 0.4) is 0 Å². The Kier molecular flexibility index (Phi) is 4.93. The van der Waals surface area contributed by atoms with Crippen molar-refractivity contribution >= 4 is 22.6 Å². The summed E-state index contributed by atoms with van der Waals surface area (Å²) in [7, 11) is 0. The zero-order valence-electron chi connectivity index (χ0n) is 12.0. The summed E-state index contributed by atoms with van der Waals surface area (Å²) in [5.74, 6) is -1.23. The highest BCUT2D eigenvalue weighted by Gasteiger charge is 2.13. The molecule has 0 radical (unpaired) electrons. The average Bonchev–Trinajstić information content (AvgIpc) is 2.47. The first-order chi connectivity index (χ1) is 10.1. The number of carboxylic acids is 1. The van der Waals surface area contributed by atoms with Crippen LogP contribution in [-0.4, -0.2) is 23.0 Å². The summed E-state index contributed by atoms with van der Waals surface area (Å²) in [6, 6.07) is 13.6. The number of aryl methyl sites for hydroxylation is 1. The van der Waals surface area contributed by atoms with Gasteiger partial charge in [-0.3, -0.25) is 9.59 Å². The van der Waals surface area contributed by atoms with Gasteiger partial charge in [-0.2, -0.15) is 0 Å². The maximum atomic E-state index is 11.6. The van der Waals surface area contributed by atoms with Crippen molar-refractivity contribution in [2.45, 2.75) is 32.2 Å². The minimum Gasteiger partial charge on any atom is -0.480 e. The minimum atomic E-state index is -1.02. The van der Waals surface area contributed by atoms with Gasteiger partial charge in [-0.15, -0.1) is 0 Å². The summed E-state index contributed by atoms with van der Waals surface area (Å²) in [6.07, 6.45) is 1.85. The van der Waals surface area contributed by atoms with Crippen LogP contribution in [0, 0.1) is 0 Å². The first-order valence-electron chi connectivity index (χ1n) is 7.06. The van der Waals surface area contributed by atoms with Crippen LogP contribution in [0.25, 0.3) is 10.8 Å². The number of rotatable bonds is 6. The van der Waals surface area contributed by atoms with Crippen molar-refractivity contribution in [1.82, 2.24) is 5.32 Å². The molecule has 4 nitrogen and oxygen atoms in total. The van der Waals surface area contributed by atoms with Crippen LogP contribution in [-0.2, 0) is 16.0 Å². The molecular weight excluding hydrogens is 266 g/mol. The molecule has 0 bridgehead atoms. The standard InChI is InChI=1S/C17H19NO3/c1-12(17(20)21)18-16(19)8-4-5-13-9-10-14-6-2-3-7-15(14)11-13/h2-3,6-7,9-12H,4-5,8H2,1H3,(H,18,19)(H,20,21). The predicted molar refractivity (Wildman–Crippen MR) is 82.1 cm³/mol. The Morgan fingerprint density at radius 2 is 1.86 bits per heavy atom. The number of hydrogen-bond donors (Lipinski definition) is 2. The number of carbonyl (C=O) groups excluding carboxylic acids is 1. The smallest absolute Gasteiger partial charge is 0.325 e. The van der Waals surface area contributed by atoms with Crippen LogP contribution in [0.2, 0.25) is 0 Å². The topological polar surface area (TPSA) is 66.4 Å². The van der Waals surface area contributed by atoms with E-state index in [1.807, 2.05) is 12.1 Å². The molecule has 1 unspecified atom stereocenters. The molecule has 2 aromatic rings. The molecule has 2 rings (SSSR count). The lowest BCUT2D eigenvalue weighted by molar-refractivity contribution is -0.141. The molecule has 0 aliphatic heterocycles. The van der Waals surface area contributed by atoms with Crippen molar-refractivity contribution in [3.05, 3.63) is 48.0 Å². The van der Waals surface area contributed by atoms with Crippen LogP contribution < -0.4 is 5.32 Å². The fourth-order valence-corrected chi connectivity index (χ4v) is 2.22. The summed E-state index contributed by atoms with van der Waals surface area (Å²) < 4.78 is 0. The number of aliphatic carboxylic acids is 1. The molecule has 110 valence electrons. The van der Waals surface area contributed by atoms with Crippen LogP contribution in [0.4, 0.5) is 0 Å². The normalized spacial score (nSPS) is 12.0. The fourth-order valence-electron chi connectivity index (χ4n) is 2.22. The van der Waals surface area contributed by atoms with Gasteiger partial charge in [0.15, 0.2) is 0 Å². The van der Waals surface area contributed by atoms with Crippen molar-refractivity contribution in [2.24, 2.45) is 0 Å². The number of hydrogen-bond acceptors (Lipinski definition) is 2. The summed E-state index contributed by atoms with van der Waals surface area (Å²) in [5, 5.41) is 13.6. The van der Waals surface area contributed by atoms with E-state index in [0.717, 1.165) is 6.42 Å². The van der Waals surface area contributed by atoms with Gasteiger partial charge in [-0.05, 0) is 36.1 Å². The average molecular weight is 285 g/mol. The zero-order valence-corrected chi connectivity index (χ0v) is 12.0. The number of carbonyl (C=O) groups is 2. The molecule has 0 fully saturated rings. The third-order valence-electron chi connectivity index (χ3n) is 3.43. The Balaban J connectivity index is 1.84. The molecule has 2 aromatic carbocycles. The van der Waals surface area contributed by atoms with E-state index < -0.39 is 12.0 Å². The monoisotopic (exact) mass is 285 g/mol. The van der Waals surface area contributed by atoms with Crippen LogP contribution in [0.15, 0.2) is 42.5 Å². The Morgan fingerprint density at radius 1 is 1.14 bits per heavy atom. The second-order valence-corrected chi connectivity index (χ2v) is 5.16. The molecule has 4 heteroatoms. The van der Waals surface area contributed by atoms with Gasteiger partial charge >= 0.3 is 5.97 Å². The van der Waals surface area contributed by atoms with E-state index in [0.29, 0.717) is 12.8 Å². The molecule has 21 heavy (non-hydrogen) atoms. The van der Waals surface area contributed by atoms with Gasteiger partial charge in [0.05, 0.1) is 0 Å². The molecule has 0 heterocycles. The Labute approximate surface area is 123 Å². The highest BCUT2D eigenvalue weighted by atomic mass is 16.4. The summed E-state index contributed by atoms with van der Waals surface area (Å²) in [5.41, 5.74) is 1.19. The van der Waals surface area contributed by atoms with E-state index in [2.05, 4.69) is 35.6 Å². The summed E-state index contributed by atoms with van der Waals surface area (Å²) in [4.78, 5) is 22.2. The van der Waals surface area contributed by atoms with Gasteiger partial charge in [0, 0.05) is 6.42 Å². The van der Waals surface area contributed by atoms with Gasteiger partial charge in [-0.1, -0.05) is 42.5 Å². The quantitative estimate of drug-likeness (QED) is 0.857. The number of carboxylic acid groups (broad SMARTS) is 1. The van der Waals surface area contributed by atoms with Gasteiger partial charge in [0.25, 0.3) is 0 Å². The largest absolute Gasteiger partial charge is 0.480 e. The predicted octanol–water partition coefficient (Wildman–Crippen LogP) is 2.75. The van der Waals surface area contributed by atoms with E-state index in [9.17, 15) is 9.59 Å². The Morgan fingerprint density at radius 3 is 2.57 bits per heavy atom. The molecule has 1 atom stereocenters. The lowest BCUT2D eigenvalue weighted by Crippen LogP contribution is -2.38. The maximum Gasteiger partial charge on any atom is 0.325 e. The lowest BCUT2D eigenvalue weighted by atomic mass is 10.0. The van der Waals surface area contributed by atoms with E-state index in [4.69, 9.17) is 5.11 Å². The van der Waals surface area contributed by atoms with Crippen LogP contribution in [0.5, 0.6) is 0 Å². The van der Waals surface area contributed by atoms with Gasteiger partial charge in [-0.25, -0.2) is 0 Å². The number of fused-ring (bicyclic) bond motifs is 1. The van der Waals surface area contributed by atoms with Gasteiger partial charge in [0.2, 0.25) is 5.91 Å². The van der Waals surface area contributed by atoms with Crippen molar-refractivity contribution in [3.8, 4) is 0 Å². The number of benzene rings is 2. The Bertz CT molecular complexity index is 651. The highest BCUT2D eigenvalue weighted by molar-refractivity contribution is 5.84. The van der Waals surface area contributed by atoms with E-state index >= 15 is 0 Å². The van der Waals surface area contributed by atoms with Crippen molar-refractivity contribution in [1.29, 1.82) is 0 Å². The highest BCUT2D eigenvalue weighted by Crippen LogP contribution is 2.16. The molecule has 0 aromatic heterocycles. The molecule has 0 saturated heterocycles. The lowest BCUT2D eigenvalue weighted by Gasteiger charge is -2.09. The summed E-state index contributed by atoms with van der Waals surface area (Å²) in [6.45, 7) is 1.46. The summed E-state index contributed by atoms with van der Waals surface area (Å²) >= 11 is 0. The van der Waals surface area contributed by atoms with Crippen LogP contribution >= 0.6 is 0 Å². The van der Waals surface area contributed by atoms with Gasteiger partial charge < -0.3 is 10.4 Å². The van der Waals surface area contributed by atoms with E-state index in [1.54, 1.807) is 0 Å². The number of nitrogens with one attached hydrogen (secondary N) is 1. The second-order valence-electron chi connectivity index (χ2n) is 5.16. The van der Waals surface area contributed by atoms with Crippen molar-refractivity contribution in [3.63, 3.8) is 0 Å². The maximum absolute atomic E-state index is 11.6. The third kappa shape index (κ3) is 4.31. The first-order valence-corrected chi connectivity index (χ1v) is 7.06. The van der Waals surface area contributed by atoms with E-state index in [1.165, 1.54) is 23.3 Å². The molecule has 0 saturated carbocycles. The Hall–Kier alpha value is -2.36. The van der Waals surface area contributed by atoms with Crippen LogP contribution in [0.1, 0.15) is 25.3 Å². The molecule has 0 spiro atoms. The fraction of sp³-hybridized carbons (Fsp3) is 0.294. The second kappa shape index (κ2) is 6.88. The molecular formula is C17H19NO3. The SMILES string of the molecule is CC(NC(=O)CCCc1ccc2ccccc2c1)C(=O)O. The third-order valence-corrected chi connectivity index (χ3v) is 3.43. The first kappa shape index (κ1) is 15.0. The van der Waals surface area contributed by atoms with E-state index in [-0.39, 0.29) is 5.91 Å². The molecule has 0 aliphatic carbocycles. The molecule has 0 aliphatic rings.